The SMILES string of the molecule is COc1cc(-c2cc(C(=O)N3CC(C)OC(C)C3)c3ccccc3n2)cc(OC)c1OC. The van der Waals surface area contributed by atoms with Crippen LogP contribution in [0.4, 0.5) is 0 Å². The van der Waals surface area contributed by atoms with Crippen molar-refractivity contribution >= 4 is 16.8 Å². The van der Waals surface area contributed by atoms with Crippen molar-refractivity contribution in [3.05, 3.63) is 48.0 Å². The molecule has 0 spiro atoms. The third-order valence-corrected chi connectivity index (χ3v) is 5.61. The molecule has 7 nitrogen and oxygen atoms in total. The van der Waals surface area contributed by atoms with Crippen LogP contribution in [0.15, 0.2) is 42.5 Å². The fourth-order valence-corrected chi connectivity index (χ4v) is 4.24. The molecule has 4 rings (SSSR count). The van der Waals surface area contributed by atoms with E-state index < -0.39 is 0 Å². The number of hydrogen-bond donors (Lipinski definition) is 0. The molecular weight excluding hydrogens is 408 g/mol. The first-order valence-corrected chi connectivity index (χ1v) is 10.6. The van der Waals surface area contributed by atoms with Gasteiger partial charge in [0.2, 0.25) is 5.75 Å². The van der Waals surface area contributed by atoms with Gasteiger partial charge in [0.05, 0.1) is 50.3 Å². The molecule has 2 atom stereocenters. The van der Waals surface area contributed by atoms with Crippen LogP contribution in [0.1, 0.15) is 24.2 Å². The average Bonchev–Trinajstić information content (AvgIpc) is 2.81. The fraction of sp³-hybridized carbons (Fsp3) is 0.360. The third-order valence-electron chi connectivity index (χ3n) is 5.61. The van der Waals surface area contributed by atoms with Gasteiger partial charge in [-0.15, -0.1) is 0 Å². The van der Waals surface area contributed by atoms with Crippen LogP contribution in [0.5, 0.6) is 17.2 Å². The first kappa shape index (κ1) is 21.9. The number of carbonyl (C=O) groups excluding carboxylic acids is 1. The molecule has 1 aliphatic heterocycles. The van der Waals surface area contributed by atoms with Crippen molar-refractivity contribution in [2.45, 2.75) is 26.1 Å². The highest BCUT2D eigenvalue weighted by molar-refractivity contribution is 6.07. The van der Waals surface area contributed by atoms with E-state index in [9.17, 15) is 4.79 Å². The first-order valence-electron chi connectivity index (χ1n) is 10.6. The van der Waals surface area contributed by atoms with Gasteiger partial charge in [0.1, 0.15) is 0 Å². The average molecular weight is 437 g/mol. The van der Waals surface area contributed by atoms with Gasteiger partial charge >= 0.3 is 0 Å². The number of pyridine rings is 1. The van der Waals surface area contributed by atoms with Crippen LogP contribution < -0.4 is 14.2 Å². The monoisotopic (exact) mass is 436 g/mol. The molecule has 1 aliphatic rings. The quantitative estimate of drug-likeness (QED) is 0.598. The minimum atomic E-state index is -0.0284. The molecule has 2 heterocycles. The predicted octanol–water partition coefficient (Wildman–Crippen LogP) is 4.18. The van der Waals surface area contributed by atoms with Crippen LogP contribution >= 0.6 is 0 Å². The standard InChI is InChI=1S/C25H28N2O5/c1-15-13-27(14-16(2)32-15)25(28)19-12-21(26-20-9-7-6-8-18(19)20)17-10-22(29-3)24(31-5)23(11-17)30-4/h6-12,15-16H,13-14H2,1-5H3. The Balaban J connectivity index is 1.86. The van der Waals surface area contributed by atoms with Gasteiger partial charge in [-0.2, -0.15) is 0 Å². The minimum absolute atomic E-state index is 0.00891. The number of rotatable bonds is 5. The van der Waals surface area contributed by atoms with E-state index in [0.717, 1.165) is 16.5 Å². The number of methoxy groups -OCH3 is 3. The number of morpholine rings is 1. The summed E-state index contributed by atoms with van der Waals surface area (Å²) in [6.45, 7) is 5.09. The Morgan fingerprint density at radius 3 is 2.19 bits per heavy atom. The molecule has 32 heavy (non-hydrogen) atoms. The zero-order valence-electron chi connectivity index (χ0n) is 19.0. The summed E-state index contributed by atoms with van der Waals surface area (Å²) in [6.07, 6.45) is -0.0178. The van der Waals surface area contributed by atoms with E-state index in [4.69, 9.17) is 23.9 Å². The molecule has 0 saturated carbocycles. The number of aromatic nitrogens is 1. The van der Waals surface area contributed by atoms with Crippen LogP contribution in [0.3, 0.4) is 0 Å². The zero-order chi connectivity index (χ0) is 22.8. The summed E-state index contributed by atoms with van der Waals surface area (Å²) in [5.41, 5.74) is 2.78. The van der Waals surface area contributed by atoms with Gasteiger partial charge in [-0.3, -0.25) is 4.79 Å². The maximum absolute atomic E-state index is 13.6. The smallest absolute Gasteiger partial charge is 0.254 e. The molecule has 3 aromatic rings. The minimum Gasteiger partial charge on any atom is -0.493 e. The van der Waals surface area contributed by atoms with Crippen LogP contribution in [-0.2, 0) is 4.74 Å². The maximum Gasteiger partial charge on any atom is 0.254 e. The lowest BCUT2D eigenvalue weighted by Crippen LogP contribution is -2.48. The molecule has 0 bridgehead atoms. The van der Waals surface area contributed by atoms with Crippen LogP contribution in [0.2, 0.25) is 0 Å². The lowest BCUT2D eigenvalue weighted by molar-refractivity contribution is -0.0585. The number of ether oxygens (including phenoxy) is 4. The first-order chi connectivity index (χ1) is 15.4. The summed E-state index contributed by atoms with van der Waals surface area (Å²) < 4.78 is 22.3. The highest BCUT2D eigenvalue weighted by Crippen LogP contribution is 2.41. The largest absolute Gasteiger partial charge is 0.493 e. The predicted molar refractivity (Wildman–Crippen MR) is 123 cm³/mol. The van der Waals surface area contributed by atoms with E-state index in [0.29, 0.717) is 41.6 Å². The van der Waals surface area contributed by atoms with Gasteiger partial charge in [-0.05, 0) is 38.1 Å². The number of fused-ring (bicyclic) bond motifs is 1. The van der Waals surface area contributed by atoms with Gasteiger partial charge in [0.25, 0.3) is 5.91 Å². The van der Waals surface area contributed by atoms with Gasteiger partial charge in [0.15, 0.2) is 11.5 Å². The molecule has 2 aromatic carbocycles. The molecular formula is C25H28N2O5. The Morgan fingerprint density at radius 1 is 0.969 bits per heavy atom. The molecule has 1 amide bonds. The van der Waals surface area contributed by atoms with Crippen molar-refractivity contribution in [3.8, 4) is 28.5 Å². The molecule has 1 fully saturated rings. The number of para-hydroxylation sites is 1. The molecule has 1 aromatic heterocycles. The topological polar surface area (TPSA) is 70.1 Å². The van der Waals surface area contributed by atoms with Crippen molar-refractivity contribution in [1.29, 1.82) is 0 Å². The molecule has 0 aliphatic carbocycles. The van der Waals surface area contributed by atoms with E-state index >= 15 is 0 Å². The highest BCUT2D eigenvalue weighted by atomic mass is 16.5. The van der Waals surface area contributed by atoms with E-state index in [-0.39, 0.29) is 18.1 Å². The van der Waals surface area contributed by atoms with Crippen molar-refractivity contribution in [3.63, 3.8) is 0 Å². The zero-order valence-corrected chi connectivity index (χ0v) is 19.0. The molecule has 1 saturated heterocycles. The Bertz CT molecular complexity index is 1110. The maximum atomic E-state index is 13.6. The van der Waals surface area contributed by atoms with E-state index in [1.807, 2.05) is 61.2 Å². The fourth-order valence-electron chi connectivity index (χ4n) is 4.24. The molecule has 0 N–H and O–H groups in total. The lowest BCUT2D eigenvalue weighted by Gasteiger charge is -2.35. The van der Waals surface area contributed by atoms with Crippen molar-refractivity contribution < 1.29 is 23.7 Å². The lowest BCUT2D eigenvalue weighted by atomic mass is 10.0. The second kappa shape index (κ2) is 9.04. The number of carbonyl (C=O) groups is 1. The summed E-state index contributed by atoms with van der Waals surface area (Å²) >= 11 is 0. The number of nitrogens with zero attached hydrogens (tertiary/aromatic N) is 2. The molecule has 7 heteroatoms. The van der Waals surface area contributed by atoms with Crippen molar-refractivity contribution in [2.24, 2.45) is 0 Å². The summed E-state index contributed by atoms with van der Waals surface area (Å²) in [5, 5.41) is 0.820. The molecule has 168 valence electrons. The number of hydrogen-bond acceptors (Lipinski definition) is 6. The van der Waals surface area contributed by atoms with Crippen molar-refractivity contribution in [2.75, 3.05) is 34.4 Å². The molecule has 2 unspecified atom stereocenters. The summed E-state index contributed by atoms with van der Waals surface area (Å²) in [6, 6.07) is 13.2. The Kier molecular flexibility index (Phi) is 6.19. The number of amides is 1. The Morgan fingerprint density at radius 2 is 1.59 bits per heavy atom. The Hall–Kier alpha value is -3.32. The van der Waals surface area contributed by atoms with Crippen LogP contribution in [0, 0.1) is 0 Å². The van der Waals surface area contributed by atoms with Gasteiger partial charge in [-0.25, -0.2) is 4.98 Å². The summed E-state index contributed by atoms with van der Waals surface area (Å²) in [7, 11) is 4.71. The van der Waals surface area contributed by atoms with Gasteiger partial charge in [-0.1, -0.05) is 18.2 Å². The normalized spacial score (nSPS) is 18.5. The summed E-state index contributed by atoms with van der Waals surface area (Å²) in [4.78, 5) is 20.3. The van der Waals surface area contributed by atoms with Crippen molar-refractivity contribution in [1.82, 2.24) is 9.88 Å². The van der Waals surface area contributed by atoms with E-state index in [1.165, 1.54) is 0 Å². The van der Waals surface area contributed by atoms with Crippen LogP contribution in [0.25, 0.3) is 22.2 Å². The van der Waals surface area contributed by atoms with Gasteiger partial charge in [0, 0.05) is 24.0 Å². The molecule has 0 radical (unpaired) electrons. The van der Waals surface area contributed by atoms with Gasteiger partial charge < -0.3 is 23.8 Å². The van der Waals surface area contributed by atoms with Crippen LogP contribution in [-0.4, -0.2) is 62.4 Å². The van der Waals surface area contributed by atoms with E-state index in [1.54, 1.807) is 21.3 Å². The second-order valence-electron chi connectivity index (χ2n) is 7.95. The summed E-state index contributed by atoms with van der Waals surface area (Å²) in [5.74, 6) is 1.53. The second-order valence-corrected chi connectivity index (χ2v) is 7.95. The van der Waals surface area contributed by atoms with E-state index in [2.05, 4.69) is 0 Å². The highest BCUT2D eigenvalue weighted by Gasteiger charge is 2.28. The third kappa shape index (κ3) is 4.08. The number of benzene rings is 2. The Labute approximate surface area is 187 Å².